The Hall–Kier alpha value is -1.64. The van der Waals surface area contributed by atoms with Gasteiger partial charge in [-0.05, 0) is 30.0 Å². The predicted octanol–water partition coefficient (Wildman–Crippen LogP) is 2.56. The van der Waals surface area contributed by atoms with Gasteiger partial charge in [-0.25, -0.2) is 4.39 Å². The lowest BCUT2D eigenvalue weighted by atomic mass is 10.2. The molecule has 1 aliphatic rings. The molecule has 0 spiro atoms. The van der Waals surface area contributed by atoms with Gasteiger partial charge in [0.2, 0.25) is 0 Å². The Morgan fingerprint density at radius 3 is 2.60 bits per heavy atom. The number of carboxylic acid groups (broad SMARTS) is 1. The fraction of sp³-hybridized carbons (Fsp3) is 0.250. The van der Waals surface area contributed by atoms with Crippen molar-refractivity contribution in [3.8, 4) is 0 Å². The van der Waals surface area contributed by atoms with E-state index in [1.165, 1.54) is 12.1 Å². The third-order valence-electron chi connectivity index (χ3n) is 2.56. The lowest BCUT2D eigenvalue weighted by molar-refractivity contribution is -0.138. The van der Waals surface area contributed by atoms with E-state index in [9.17, 15) is 9.18 Å². The van der Waals surface area contributed by atoms with Crippen LogP contribution in [0, 0.1) is 17.7 Å². The van der Waals surface area contributed by atoms with Crippen LogP contribution in [0.25, 0.3) is 6.08 Å². The average molecular weight is 206 g/mol. The van der Waals surface area contributed by atoms with Gasteiger partial charge < -0.3 is 5.11 Å². The molecule has 0 bridgehead atoms. The summed E-state index contributed by atoms with van der Waals surface area (Å²) in [5, 5.41) is 8.67. The molecule has 0 unspecified atom stereocenters. The van der Waals surface area contributed by atoms with Crippen molar-refractivity contribution < 1.29 is 14.3 Å². The number of benzene rings is 1. The van der Waals surface area contributed by atoms with Crippen LogP contribution in [0.15, 0.2) is 30.3 Å². The lowest BCUT2D eigenvalue weighted by Crippen LogP contribution is -1.97. The number of carboxylic acids is 1. The maximum absolute atomic E-state index is 12.6. The predicted molar refractivity (Wildman–Crippen MR) is 54.7 cm³/mol. The number of rotatable bonds is 3. The van der Waals surface area contributed by atoms with E-state index in [1.807, 2.05) is 12.2 Å². The van der Waals surface area contributed by atoms with Crippen molar-refractivity contribution in [2.75, 3.05) is 0 Å². The summed E-state index contributed by atoms with van der Waals surface area (Å²) in [5.74, 6) is -1.07. The van der Waals surface area contributed by atoms with E-state index in [-0.39, 0.29) is 17.7 Å². The number of allylic oxidation sites excluding steroid dienone is 1. The molecule has 0 heterocycles. The summed E-state index contributed by atoms with van der Waals surface area (Å²) in [6, 6.07) is 6.12. The molecule has 3 heteroatoms. The Kier molecular flexibility index (Phi) is 2.54. The van der Waals surface area contributed by atoms with Crippen LogP contribution in [-0.2, 0) is 4.79 Å². The van der Waals surface area contributed by atoms with E-state index in [2.05, 4.69) is 0 Å². The Morgan fingerprint density at radius 2 is 2.07 bits per heavy atom. The van der Waals surface area contributed by atoms with Crippen molar-refractivity contribution in [3.63, 3.8) is 0 Å². The molecule has 0 aromatic heterocycles. The van der Waals surface area contributed by atoms with Gasteiger partial charge in [0.1, 0.15) is 5.82 Å². The van der Waals surface area contributed by atoms with Crippen LogP contribution in [-0.4, -0.2) is 11.1 Å². The Balaban J connectivity index is 1.95. The first-order chi connectivity index (χ1) is 7.16. The largest absolute Gasteiger partial charge is 0.481 e. The Bertz CT molecular complexity index is 395. The molecule has 1 aromatic carbocycles. The molecule has 0 radical (unpaired) electrons. The summed E-state index contributed by atoms with van der Waals surface area (Å²) in [4.78, 5) is 10.5. The Labute approximate surface area is 87.0 Å². The molecular formula is C12H11FO2. The van der Waals surface area contributed by atoms with Crippen molar-refractivity contribution in [1.82, 2.24) is 0 Å². The minimum absolute atomic E-state index is 0.146. The van der Waals surface area contributed by atoms with Crippen molar-refractivity contribution in [2.24, 2.45) is 11.8 Å². The SMILES string of the molecule is O=C(O)[C@@H]1C[C@H]1/C=C/c1ccc(F)cc1. The van der Waals surface area contributed by atoms with E-state index < -0.39 is 5.97 Å². The van der Waals surface area contributed by atoms with E-state index in [0.717, 1.165) is 5.56 Å². The molecule has 0 saturated heterocycles. The summed E-state index contributed by atoms with van der Waals surface area (Å²) >= 11 is 0. The number of hydrogen-bond donors (Lipinski definition) is 1. The van der Waals surface area contributed by atoms with Crippen LogP contribution in [0.1, 0.15) is 12.0 Å². The number of aliphatic carboxylic acids is 1. The van der Waals surface area contributed by atoms with Crippen LogP contribution in [0.5, 0.6) is 0 Å². The highest BCUT2D eigenvalue weighted by Crippen LogP contribution is 2.40. The monoisotopic (exact) mass is 206 g/mol. The second kappa shape index (κ2) is 3.85. The summed E-state index contributed by atoms with van der Waals surface area (Å²) in [7, 11) is 0. The van der Waals surface area contributed by atoms with Crippen molar-refractivity contribution in [3.05, 3.63) is 41.7 Å². The molecule has 1 aromatic rings. The molecule has 1 N–H and O–H groups in total. The third kappa shape index (κ3) is 2.43. The molecule has 78 valence electrons. The van der Waals surface area contributed by atoms with E-state index >= 15 is 0 Å². The van der Waals surface area contributed by atoms with Crippen molar-refractivity contribution in [2.45, 2.75) is 6.42 Å². The van der Waals surface area contributed by atoms with Gasteiger partial charge in [-0.2, -0.15) is 0 Å². The zero-order chi connectivity index (χ0) is 10.8. The van der Waals surface area contributed by atoms with E-state index in [0.29, 0.717) is 6.42 Å². The second-order valence-corrected chi connectivity index (χ2v) is 3.75. The van der Waals surface area contributed by atoms with Gasteiger partial charge in [0, 0.05) is 0 Å². The molecule has 2 atom stereocenters. The minimum Gasteiger partial charge on any atom is -0.481 e. The fourth-order valence-corrected chi connectivity index (χ4v) is 1.52. The van der Waals surface area contributed by atoms with Crippen LogP contribution >= 0.6 is 0 Å². The number of halogens is 1. The molecule has 2 rings (SSSR count). The average Bonchev–Trinajstić information content (AvgIpc) is 2.96. The number of carbonyl (C=O) groups is 1. The normalized spacial score (nSPS) is 24.3. The zero-order valence-corrected chi connectivity index (χ0v) is 8.06. The Morgan fingerprint density at radius 1 is 1.40 bits per heavy atom. The first kappa shape index (κ1) is 9.90. The highest BCUT2D eigenvalue weighted by molar-refractivity contribution is 5.74. The summed E-state index contributed by atoms with van der Waals surface area (Å²) in [6.07, 6.45) is 4.44. The maximum atomic E-state index is 12.6. The van der Waals surface area contributed by atoms with Crippen LogP contribution in [0.2, 0.25) is 0 Å². The van der Waals surface area contributed by atoms with Gasteiger partial charge in [-0.1, -0.05) is 24.3 Å². The molecule has 2 nitrogen and oxygen atoms in total. The highest BCUT2D eigenvalue weighted by Gasteiger charge is 2.40. The van der Waals surface area contributed by atoms with Gasteiger partial charge >= 0.3 is 5.97 Å². The van der Waals surface area contributed by atoms with Gasteiger partial charge in [-0.3, -0.25) is 4.79 Å². The van der Waals surface area contributed by atoms with Gasteiger partial charge in [-0.15, -0.1) is 0 Å². The van der Waals surface area contributed by atoms with Crippen LogP contribution in [0.3, 0.4) is 0 Å². The summed E-state index contributed by atoms with van der Waals surface area (Å²) in [6.45, 7) is 0. The smallest absolute Gasteiger partial charge is 0.307 e. The minimum atomic E-state index is -0.733. The highest BCUT2D eigenvalue weighted by atomic mass is 19.1. The molecule has 15 heavy (non-hydrogen) atoms. The van der Waals surface area contributed by atoms with E-state index in [4.69, 9.17) is 5.11 Å². The third-order valence-corrected chi connectivity index (χ3v) is 2.56. The summed E-state index contributed by atoms with van der Waals surface area (Å²) in [5.41, 5.74) is 0.896. The zero-order valence-electron chi connectivity index (χ0n) is 8.06. The van der Waals surface area contributed by atoms with Gasteiger partial charge in [0.05, 0.1) is 5.92 Å². The first-order valence-electron chi connectivity index (χ1n) is 4.83. The summed E-state index contributed by atoms with van der Waals surface area (Å²) < 4.78 is 12.6. The quantitative estimate of drug-likeness (QED) is 0.825. The van der Waals surface area contributed by atoms with Crippen LogP contribution < -0.4 is 0 Å². The number of hydrogen-bond acceptors (Lipinski definition) is 1. The molecule has 1 aliphatic carbocycles. The first-order valence-corrected chi connectivity index (χ1v) is 4.83. The van der Waals surface area contributed by atoms with Crippen LogP contribution in [0.4, 0.5) is 4.39 Å². The standard InChI is InChI=1S/C12H11FO2/c13-10-5-2-8(3-6-10)1-4-9-7-11(9)12(14)15/h1-6,9,11H,7H2,(H,14,15)/b4-1+/t9-,11-/m1/s1. The van der Waals surface area contributed by atoms with Gasteiger partial charge in [0.25, 0.3) is 0 Å². The maximum Gasteiger partial charge on any atom is 0.307 e. The molecule has 0 amide bonds. The molecular weight excluding hydrogens is 195 g/mol. The van der Waals surface area contributed by atoms with Gasteiger partial charge in [0.15, 0.2) is 0 Å². The molecule has 0 aliphatic heterocycles. The second-order valence-electron chi connectivity index (χ2n) is 3.75. The molecule has 1 saturated carbocycles. The fourth-order valence-electron chi connectivity index (χ4n) is 1.52. The topological polar surface area (TPSA) is 37.3 Å². The lowest BCUT2D eigenvalue weighted by Gasteiger charge is -1.92. The molecule has 1 fully saturated rings. The van der Waals surface area contributed by atoms with E-state index in [1.54, 1.807) is 12.1 Å². The van der Waals surface area contributed by atoms with Crippen molar-refractivity contribution >= 4 is 12.0 Å². The van der Waals surface area contributed by atoms with Crippen molar-refractivity contribution in [1.29, 1.82) is 0 Å².